The van der Waals surface area contributed by atoms with Gasteiger partial charge in [0.05, 0.1) is 5.94 Å². The zero-order chi connectivity index (χ0) is 14.5. The van der Waals surface area contributed by atoms with Gasteiger partial charge in [-0.25, -0.2) is 0 Å². The van der Waals surface area contributed by atoms with Crippen molar-refractivity contribution in [2.24, 2.45) is 17.1 Å². The number of hydrogen-bond donors (Lipinski definition) is 4. The molecule has 6 nitrogen and oxygen atoms in total. The molecular formula is C11H23BN2O4. The molecule has 0 aromatic carbocycles. The second-order valence-corrected chi connectivity index (χ2v) is 5.65. The van der Waals surface area contributed by atoms with Gasteiger partial charge in [0.15, 0.2) is 0 Å². The smallest absolute Gasteiger partial charge is 0.426 e. The van der Waals surface area contributed by atoms with Crippen LogP contribution in [0.5, 0.6) is 0 Å². The Hall–Kier alpha value is -1.08. The van der Waals surface area contributed by atoms with E-state index in [-0.39, 0.29) is 12.3 Å². The summed E-state index contributed by atoms with van der Waals surface area (Å²) < 4.78 is 0. The second kappa shape index (κ2) is 6.75. The summed E-state index contributed by atoms with van der Waals surface area (Å²) in [6.45, 7) is 7.54. The fourth-order valence-electron chi connectivity index (χ4n) is 1.92. The molecule has 0 spiro atoms. The maximum Gasteiger partial charge on any atom is 0.475 e. The van der Waals surface area contributed by atoms with Gasteiger partial charge in [0.25, 0.3) is 0 Å². The number of nitrogens with one attached hydrogen (secondary N) is 1. The van der Waals surface area contributed by atoms with Crippen LogP contribution >= 0.6 is 0 Å². The predicted molar refractivity (Wildman–Crippen MR) is 69.2 cm³/mol. The van der Waals surface area contributed by atoms with Gasteiger partial charge in [-0.15, -0.1) is 0 Å². The van der Waals surface area contributed by atoms with Gasteiger partial charge in [-0.3, -0.25) is 9.59 Å². The highest BCUT2D eigenvalue weighted by molar-refractivity contribution is 6.44. The summed E-state index contributed by atoms with van der Waals surface area (Å²) in [5.74, 6) is -1.76. The number of amides is 2. The maximum atomic E-state index is 12.0. The van der Waals surface area contributed by atoms with E-state index in [2.05, 4.69) is 5.32 Å². The summed E-state index contributed by atoms with van der Waals surface area (Å²) in [7, 11) is -1.81. The van der Waals surface area contributed by atoms with Gasteiger partial charge in [0, 0.05) is 11.8 Å². The van der Waals surface area contributed by atoms with E-state index in [9.17, 15) is 9.59 Å². The molecule has 0 unspecified atom stereocenters. The number of primary amides is 1. The van der Waals surface area contributed by atoms with Crippen molar-refractivity contribution in [2.75, 3.05) is 0 Å². The average Bonchev–Trinajstić information content (AvgIpc) is 2.13. The van der Waals surface area contributed by atoms with Crippen molar-refractivity contribution in [1.29, 1.82) is 0 Å². The van der Waals surface area contributed by atoms with E-state index in [1.165, 1.54) is 0 Å². The van der Waals surface area contributed by atoms with E-state index >= 15 is 0 Å². The Morgan fingerprint density at radius 1 is 1.33 bits per heavy atom. The van der Waals surface area contributed by atoms with E-state index in [1.54, 1.807) is 13.8 Å². The van der Waals surface area contributed by atoms with Crippen molar-refractivity contribution < 1.29 is 19.6 Å². The lowest BCUT2D eigenvalue weighted by Crippen LogP contribution is -2.52. The molecule has 0 rings (SSSR count). The predicted octanol–water partition coefficient (Wildman–Crippen LogP) is -0.569. The van der Waals surface area contributed by atoms with E-state index in [0.717, 1.165) is 0 Å². The molecule has 2 amide bonds. The summed E-state index contributed by atoms with van der Waals surface area (Å²) >= 11 is 0. The summed E-state index contributed by atoms with van der Waals surface area (Å²) in [6.07, 6.45) is 0.352. The number of rotatable bonds is 7. The monoisotopic (exact) mass is 258 g/mol. The normalized spacial score (nSPS) is 13.3. The number of nitrogens with two attached hydrogens (primary N) is 1. The van der Waals surface area contributed by atoms with Crippen LogP contribution < -0.4 is 11.1 Å². The molecule has 0 aliphatic heterocycles. The molecule has 0 heterocycles. The van der Waals surface area contributed by atoms with Crippen molar-refractivity contribution in [1.82, 2.24) is 5.32 Å². The highest BCUT2D eigenvalue weighted by Gasteiger charge is 2.34. The lowest BCUT2D eigenvalue weighted by atomic mass is 9.75. The van der Waals surface area contributed by atoms with Crippen LogP contribution in [-0.2, 0) is 9.59 Å². The van der Waals surface area contributed by atoms with Crippen LogP contribution in [0.4, 0.5) is 0 Å². The Balaban J connectivity index is 4.63. The Labute approximate surface area is 108 Å². The Morgan fingerprint density at radius 3 is 2.17 bits per heavy atom. The first-order valence-corrected chi connectivity index (χ1v) is 6.01. The molecule has 0 radical (unpaired) electrons. The molecule has 0 saturated heterocycles. The van der Waals surface area contributed by atoms with Crippen molar-refractivity contribution in [3.05, 3.63) is 0 Å². The molecule has 0 aliphatic rings. The van der Waals surface area contributed by atoms with Crippen molar-refractivity contribution in [2.45, 2.75) is 46.5 Å². The van der Waals surface area contributed by atoms with Gasteiger partial charge in [0.1, 0.15) is 0 Å². The third-order valence-electron chi connectivity index (χ3n) is 2.63. The summed E-state index contributed by atoms with van der Waals surface area (Å²) in [6, 6.07) is 0. The Morgan fingerprint density at radius 2 is 1.83 bits per heavy atom. The minimum absolute atomic E-state index is 0.304. The molecule has 7 heteroatoms. The van der Waals surface area contributed by atoms with Crippen molar-refractivity contribution >= 4 is 18.9 Å². The largest absolute Gasteiger partial charge is 0.475 e. The first-order chi connectivity index (χ1) is 8.06. The van der Waals surface area contributed by atoms with Gasteiger partial charge in [0.2, 0.25) is 11.8 Å². The molecule has 5 N–H and O–H groups in total. The minimum atomic E-state index is -1.81. The lowest BCUT2D eigenvalue weighted by Gasteiger charge is -2.28. The zero-order valence-electron chi connectivity index (χ0n) is 11.4. The summed E-state index contributed by atoms with van der Waals surface area (Å²) in [4.78, 5) is 22.8. The van der Waals surface area contributed by atoms with Gasteiger partial charge >= 0.3 is 7.12 Å². The topological polar surface area (TPSA) is 113 Å². The highest BCUT2D eigenvalue weighted by Crippen LogP contribution is 2.25. The Bertz CT molecular complexity index is 305. The first kappa shape index (κ1) is 16.9. The molecule has 0 fully saturated rings. The maximum absolute atomic E-state index is 12.0. The fraction of sp³-hybridized carbons (Fsp3) is 0.818. The average molecular weight is 258 g/mol. The van der Waals surface area contributed by atoms with Crippen LogP contribution in [0.1, 0.15) is 40.5 Å². The minimum Gasteiger partial charge on any atom is -0.426 e. The fourth-order valence-corrected chi connectivity index (χ4v) is 1.92. The molecule has 18 heavy (non-hydrogen) atoms. The van der Waals surface area contributed by atoms with E-state index < -0.39 is 24.4 Å². The molecule has 0 saturated carbocycles. The quantitative estimate of drug-likeness (QED) is 0.458. The molecular weight excluding hydrogens is 235 g/mol. The van der Waals surface area contributed by atoms with E-state index in [1.807, 2.05) is 13.8 Å². The van der Waals surface area contributed by atoms with Crippen LogP contribution in [0.15, 0.2) is 0 Å². The van der Waals surface area contributed by atoms with Gasteiger partial charge in [-0.1, -0.05) is 27.7 Å². The molecule has 1 atom stereocenters. The van der Waals surface area contributed by atoms with Crippen LogP contribution in [0.2, 0.25) is 0 Å². The van der Waals surface area contributed by atoms with Crippen molar-refractivity contribution in [3.8, 4) is 0 Å². The van der Waals surface area contributed by atoms with Crippen LogP contribution in [-0.4, -0.2) is 34.9 Å². The molecule has 104 valence electrons. The number of carbonyl (C=O) groups is 2. The lowest BCUT2D eigenvalue weighted by molar-refractivity contribution is -0.130. The third-order valence-corrected chi connectivity index (χ3v) is 2.63. The highest BCUT2D eigenvalue weighted by atomic mass is 16.4. The third kappa shape index (κ3) is 6.02. The zero-order valence-corrected chi connectivity index (χ0v) is 11.4. The number of hydrogen-bond acceptors (Lipinski definition) is 4. The standard InChI is InChI=1S/C11H23BN2O4/c1-7(2)6-11(3,4)10(16)14-8(12(17)18)5-9(13)15/h7-8,17-18H,5-6H2,1-4H3,(H2,13,15)(H,14,16)/t8-/m1/s1. The van der Waals surface area contributed by atoms with E-state index in [4.69, 9.17) is 15.8 Å². The molecule has 0 bridgehead atoms. The van der Waals surface area contributed by atoms with Gasteiger partial charge in [-0.2, -0.15) is 0 Å². The SMILES string of the molecule is CC(C)CC(C)(C)C(=O)N[C@H](CC(N)=O)B(O)O. The van der Waals surface area contributed by atoms with E-state index in [0.29, 0.717) is 12.3 Å². The first-order valence-electron chi connectivity index (χ1n) is 6.01. The second-order valence-electron chi connectivity index (χ2n) is 5.65. The molecule has 0 aromatic rings. The van der Waals surface area contributed by atoms with Crippen LogP contribution in [0.25, 0.3) is 0 Å². The molecule has 0 aliphatic carbocycles. The van der Waals surface area contributed by atoms with Gasteiger partial charge < -0.3 is 21.1 Å². The van der Waals surface area contributed by atoms with Crippen LogP contribution in [0, 0.1) is 11.3 Å². The number of carbonyl (C=O) groups excluding carboxylic acids is 2. The molecule has 0 aromatic heterocycles. The Kier molecular flexibility index (Phi) is 6.35. The van der Waals surface area contributed by atoms with Crippen molar-refractivity contribution in [3.63, 3.8) is 0 Å². The summed E-state index contributed by atoms with van der Waals surface area (Å²) in [5, 5.41) is 20.6. The van der Waals surface area contributed by atoms with Crippen LogP contribution in [0.3, 0.4) is 0 Å². The summed E-state index contributed by atoms with van der Waals surface area (Å²) in [5.41, 5.74) is 4.34. The van der Waals surface area contributed by atoms with Gasteiger partial charge in [-0.05, 0) is 12.3 Å².